The summed E-state index contributed by atoms with van der Waals surface area (Å²) in [4.78, 5) is 14.4. The molecule has 2 heterocycles. The first-order valence-electron chi connectivity index (χ1n) is 7.67. The van der Waals surface area contributed by atoms with Crippen molar-refractivity contribution in [3.63, 3.8) is 0 Å². The van der Waals surface area contributed by atoms with E-state index in [2.05, 4.69) is 24.1 Å². The molecule has 120 valence electrons. The van der Waals surface area contributed by atoms with Crippen molar-refractivity contribution in [3.05, 3.63) is 18.2 Å². The van der Waals surface area contributed by atoms with Crippen LogP contribution in [0.25, 0.3) is 0 Å². The van der Waals surface area contributed by atoms with E-state index in [4.69, 9.17) is 14.2 Å². The first-order chi connectivity index (χ1) is 10.6. The van der Waals surface area contributed by atoms with Gasteiger partial charge < -0.3 is 19.5 Å². The Balaban J connectivity index is 1.48. The number of rotatable bonds is 4. The number of nitrogens with one attached hydrogen (secondary N) is 1. The van der Waals surface area contributed by atoms with Crippen molar-refractivity contribution in [2.24, 2.45) is 0 Å². The number of hydrogen-bond donors (Lipinski definition) is 1. The Kier molecular flexibility index (Phi) is 4.49. The molecule has 0 saturated carbocycles. The van der Waals surface area contributed by atoms with Crippen molar-refractivity contribution in [1.29, 1.82) is 0 Å². The first kappa shape index (κ1) is 15.1. The van der Waals surface area contributed by atoms with E-state index in [1.807, 2.05) is 12.1 Å². The lowest BCUT2D eigenvalue weighted by Crippen LogP contribution is -2.46. The smallest absolute Gasteiger partial charge is 0.231 e. The van der Waals surface area contributed by atoms with Crippen molar-refractivity contribution in [2.75, 3.05) is 31.7 Å². The van der Waals surface area contributed by atoms with E-state index in [0.29, 0.717) is 17.9 Å². The van der Waals surface area contributed by atoms with Crippen molar-refractivity contribution < 1.29 is 19.0 Å². The van der Waals surface area contributed by atoms with Crippen LogP contribution < -0.4 is 14.8 Å². The molecule has 0 bridgehead atoms. The average Bonchev–Trinajstić information content (AvgIpc) is 2.92. The van der Waals surface area contributed by atoms with Gasteiger partial charge in [0, 0.05) is 37.8 Å². The number of hydrogen-bond acceptors (Lipinski definition) is 5. The summed E-state index contributed by atoms with van der Waals surface area (Å²) in [5.41, 5.74) is 0.734. The van der Waals surface area contributed by atoms with Gasteiger partial charge in [-0.15, -0.1) is 0 Å². The summed E-state index contributed by atoms with van der Waals surface area (Å²) in [5.74, 6) is 1.40. The lowest BCUT2D eigenvalue weighted by atomic mass is 10.2. The van der Waals surface area contributed by atoms with Gasteiger partial charge in [-0.05, 0) is 26.0 Å². The fourth-order valence-electron chi connectivity index (χ4n) is 2.92. The van der Waals surface area contributed by atoms with Gasteiger partial charge >= 0.3 is 0 Å². The summed E-state index contributed by atoms with van der Waals surface area (Å²) in [7, 11) is 0. The van der Waals surface area contributed by atoms with Crippen LogP contribution in [0.4, 0.5) is 5.69 Å². The van der Waals surface area contributed by atoms with Crippen molar-refractivity contribution in [3.8, 4) is 11.5 Å². The van der Waals surface area contributed by atoms with E-state index in [1.165, 1.54) is 0 Å². The number of anilines is 1. The van der Waals surface area contributed by atoms with Gasteiger partial charge in [-0.2, -0.15) is 0 Å². The van der Waals surface area contributed by atoms with Crippen LogP contribution in [-0.2, 0) is 9.53 Å². The Morgan fingerprint density at radius 1 is 1.23 bits per heavy atom. The van der Waals surface area contributed by atoms with Gasteiger partial charge in [0.2, 0.25) is 12.7 Å². The second-order valence-corrected chi connectivity index (χ2v) is 5.88. The average molecular weight is 306 g/mol. The van der Waals surface area contributed by atoms with Crippen LogP contribution in [0, 0.1) is 0 Å². The lowest BCUT2D eigenvalue weighted by molar-refractivity contribution is -0.117. The highest BCUT2D eigenvalue weighted by atomic mass is 16.7. The highest BCUT2D eigenvalue weighted by molar-refractivity contribution is 5.91. The van der Waals surface area contributed by atoms with E-state index in [0.717, 1.165) is 25.3 Å². The van der Waals surface area contributed by atoms with Gasteiger partial charge in [0.05, 0.1) is 12.2 Å². The van der Waals surface area contributed by atoms with Crippen LogP contribution in [0.15, 0.2) is 18.2 Å². The standard InChI is InChI=1S/C16H22N2O4/c1-11-8-18(9-12(2)22-11)6-5-16(19)17-13-3-4-14-15(7-13)21-10-20-14/h3-4,7,11-12H,5-6,8-10H2,1-2H3,(H,17,19)/t11-,12+. The van der Waals surface area contributed by atoms with E-state index < -0.39 is 0 Å². The molecule has 1 aromatic rings. The largest absolute Gasteiger partial charge is 0.454 e. The molecular formula is C16H22N2O4. The molecule has 1 saturated heterocycles. The van der Waals surface area contributed by atoms with Crippen LogP contribution in [0.1, 0.15) is 20.3 Å². The minimum absolute atomic E-state index is 0.00524. The van der Waals surface area contributed by atoms with Crippen molar-refractivity contribution in [1.82, 2.24) is 4.90 Å². The number of amides is 1. The monoisotopic (exact) mass is 306 g/mol. The van der Waals surface area contributed by atoms with E-state index in [1.54, 1.807) is 6.07 Å². The molecule has 0 aliphatic carbocycles. The number of morpholine rings is 1. The molecule has 2 atom stereocenters. The highest BCUT2D eigenvalue weighted by Gasteiger charge is 2.22. The zero-order chi connectivity index (χ0) is 15.5. The molecule has 2 aliphatic rings. The summed E-state index contributed by atoms with van der Waals surface area (Å²) >= 11 is 0. The third kappa shape index (κ3) is 3.69. The Labute approximate surface area is 130 Å². The normalized spacial score (nSPS) is 24.3. The summed E-state index contributed by atoms with van der Waals surface area (Å²) in [6.07, 6.45) is 0.912. The molecule has 22 heavy (non-hydrogen) atoms. The topological polar surface area (TPSA) is 60.0 Å². The summed E-state index contributed by atoms with van der Waals surface area (Å²) in [6.45, 7) is 6.86. The summed E-state index contributed by atoms with van der Waals surface area (Å²) in [5, 5.41) is 2.90. The summed E-state index contributed by atoms with van der Waals surface area (Å²) < 4.78 is 16.2. The Morgan fingerprint density at radius 3 is 2.73 bits per heavy atom. The molecule has 1 fully saturated rings. The van der Waals surface area contributed by atoms with Gasteiger partial charge in [-0.25, -0.2) is 0 Å². The Morgan fingerprint density at radius 2 is 1.95 bits per heavy atom. The second-order valence-electron chi connectivity index (χ2n) is 5.88. The molecule has 2 aliphatic heterocycles. The van der Waals surface area contributed by atoms with Gasteiger partial charge in [0.1, 0.15) is 0 Å². The predicted molar refractivity (Wildman–Crippen MR) is 82.3 cm³/mol. The quantitative estimate of drug-likeness (QED) is 0.920. The Hall–Kier alpha value is -1.79. The number of fused-ring (bicyclic) bond motifs is 1. The number of carbonyl (C=O) groups excluding carboxylic acids is 1. The fraction of sp³-hybridized carbons (Fsp3) is 0.562. The van der Waals surface area contributed by atoms with Gasteiger partial charge in [0.25, 0.3) is 0 Å². The molecule has 3 rings (SSSR count). The van der Waals surface area contributed by atoms with Crippen LogP contribution in [0.2, 0.25) is 0 Å². The molecule has 1 amide bonds. The van der Waals surface area contributed by atoms with E-state index in [9.17, 15) is 4.79 Å². The minimum atomic E-state index is 0.00524. The highest BCUT2D eigenvalue weighted by Crippen LogP contribution is 2.34. The third-order valence-corrected chi connectivity index (χ3v) is 3.81. The molecule has 6 nitrogen and oxygen atoms in total. The minimum Gasteiger partial charge on any atom is -0.454 e. The zero-order valence-electron chi connectivity index (χ0n) is 13.0. The molecule has 1 aromatic carbocycles. The maximum Gasteiger partial charge on any atom is 0.231 e. The number of carbonyl (C=O) groups is 1. The SMILES string of the molecule is C[C@@H]1CN(CCC(=O)Nc2ccc3c(c2)OCO3)C[C@H](C)O1. The molecule has 0 spiro atoms. The number of nitrogens with zero attached hydrogens (tertiary/aromatic N) is 1. The lowest BCUT2D eigenvalue weighted by Gasteiger charge is -2.35. The van der Waals surface area contributed by atoms with Crippen LogP contribution >= 0.6 is 0 Å². The molecule has 1 N–H and O–H groups in total. The maximum atomic E-state index is 12.1. The van der Waals surface area contributed by atoms with Gasteiger partial charge in [-0.3, -0.25) is 9.69 Å². The third-order valence-electron chi connectivity index (χ3n) is 3.81. The summed E-state index contributed by atoms with van der Waals surface area (Å²) in [6, 6.07) is 5.42. The zero-order valence-corrected chi connectivity index (χ0v) is 13.0. The fourth-order valence-corrected chi connectivity index (χ4v) is 2.92. The molecule has 6 heteroatoms. The van der Waals surface area contributed by atoms with E-state index in [-0.39, 0.29) is 24.9 Å². The molecular weight excluding hydrogens is 284 g/mol. The molecule has 0 radical (unpaired) electrons. The molecule has 0 unspecified atom stereocenters. The number of ether oxygens (including phenoxy) is 3. The second kappa shape index (κ2) is 6.54. The van der Waals surface area contributed by atoms with Crippen molar-refractivity contribution >= 4 is 11.6 Å². The first-order valence-corrected chi connectivity index (χ1v) is 7.67. The maximum absolute atomic E-state index is 12.1. The van der Waals surface area contributed by atoms with Gasteiger partial charge in [-0.1, -0.05) is 0 Å². The predicted octanol–water partition coefficient (Wildman–Crippen LogP) is 1.85. The Bertz CT molecular complexity index is 539. The van der Waals surface area contributed by atoms with Crippen LogP contribution in [0.5, 0.6) is 11.5 Å². The van der Waals surface area contributed by atoms with Gasteiger partial charge in [0.15, 0.2) is 11.5 Å². The van der Waals surface area contributed by atoms with Crippen molar-refractivity contribution in [2.45, 2.75) is 32.5 Å². The number of benzene rings is 1. The van der Waals surface area contributed by atoms with Crippen LogP contribution in [0.3, 0.4) is 0 Å². The molecule has 0 aromatic heterocycles. The van der Waals surface area contributed by atoms with E-state index >= 15 is 0 Å². The van der Waals surface area contributed by atoms with Crippen LogP contribution in [-0.4, -0.2) is 49.4 Å².